The third kappa shape index (κ3) is 5.51. The van der Waals surface area contributed by atoms with Gasteiger partial charge in [-0.15, -0.1) is 5.10 Å². The molecule has 3 aromatic rings. The lowest BCUT2D eigenvalue weighted by molar-refractivity contribution is -0.116. The molecule has 3 rings (SSSR count). The Kier molecular flexibility index (Phi) is 6.91. The van der Waals surface area contributed by atoms with Gasteiger partial charge in [0.2, 0.25) is 17.0 Å². The summed E-state index contributed by atoms with van der Waals surface area (Å²) in [6, 6.07) is 13.8. The van der Waals surface area contributed by atoms with Gasteiger partial charge in [-0.3, -0.25) is 14.4 Å². The van der Waals surface area contributed by atoms with Crippen LogP contribution < -0.4 is 10.6 Å². The molecule has 1 aromatic heterocycles. The zero-order chi connectivity index (χ0) is 21.5. The monoisotopic (exact) mass is 424 g/mol. The van der Waals surface area contributed by atoms with Crippen LogP contribution in [0.25, 0.3) is 5.69 Å². The van der Waals surface area contributed by atoms with Crippen LogP contribution in [-0.2, 0) is 9.59 Å². The number of hydrogen-bond donors (Lipinski definition) is 2. The van der Waals surface area contributed by atoms with E-state index >= 15 is 0 Å². The Morgan fingerprint density at radius 1 is 1.03 bits per heavy atom. The molecule has 0 fully saturated rings. The predicted octanol–water partition coefficient (Wildman–Crippen LogP) is 2.94. The van der Waals surface area contributed by atoms with Gasteiger partial charge in [-0.2, -0.15) is 4.68 Å². The molecule has 2 amide bonds. The first-order valence-electron chi connectivity index (χ1n) is 9.18. The van der Waals surface area contributed by atoms with E-state index in [0.717, 1.165) is 0 Å². The van der Waals surface area contributed by atoms with Crippen LogP contribution in [-0.4, -0.2) is 43.6 Å². The van der Waals surface area contributed by atoms with Crippen LogP contribution in [0.4, 0.5) is 11.4 Å². The fourth-order valence-electron chi connectivity index (χ4n) is 2.55. The molecule has 0 aliphatic rings. The zero-order valence-electron chi connectivity index (χ0n) is 16.5. The fraction of sp³-hybridized carbons (Fsp3) is 0.200. The molecule has 0 spiro atoms. The number of ketones is 1. The molecule has 30 heavy (non-hydrogen) atoms. The van der Waals surface area contributed by atoms with Crippen molar-refractivity contribution < 1.29 is 14.4 Å². The summed E-state index contributed by atoms with van der Waals surface area (Å²) in [7, 11) is 0. The van der Waals surface area contributed by atoms with Crippen LogP contribution in [0.1, 0.15) is 30.6 Å². The number of nitrogens with one attached hydrogen (secondary N) is 2. The van der Waals surface area contributed by atoms with Gasteiger partial charge in [0.1, 0.15) is 0 Å². The number of thioether (sulfide) groups is 1. The maximum Gasteiger partial charge on any atom is 0.224 e. The van der Waals surface area contributed by atoms with Crippen molar-refractivity contribution >= 4 is 40.7 Å². The van der Waals surface area contributed by atoms with Gasteiger partial charge in [0.15, 0.2) is 5.78 Å². The van der Waals surface area contributed by atoms with Crippen LogP contribution in [0.15, 0.2) is 53.7 Å². The molecule has 0 saturated carbocycles. The lowest BCUT2D eigenvalue weighted by Crippen LogP contribution is -2.10. The van der Waals surface area contributed by atoms with Crippen molar-refractivity contribution in [3.8, 4) is 5.69 Å². The normalized spacial score (nSPS) is 10.5. The van der Waals surface area contributed by atoms with Gasteiger partial charge in [0, 0.05) is 30.3 Å². The second kappa shape index (κ2) is 9.79. The number of rotatable bonds is 8. The molecule has 0 aliphatic heterocycles. The van der Waals surface area contributed by atoms with Gasteiger partial charge in [-0.05, 0) is 52.9 Å². The number of tetrazole rings is 1. The molecular formula is C20H20N6O3S. The van der Waals surface area contributed by atoms with Gasteiger partial charge < -0.3 is 10.6 Å². The number of Topliss-reactive ketones (excluding diaryl/α,β-unsaturated/α-hetero) is 1. The van der Waals surface area contributed by atoms with E-state index in [4.69, 9.17) is 0 Å². The molecule has 2 aromatic carbocycles. The summed E-state index contributed by atoms with van der Waals surface area (Å²) in [5.41, 5.74) is 2.47. The van der Waals surface area contributed by atoms with Crippen LogP contribution in [0.2, 0.25) is 0 Å². The Balaban J connectivity index is 1.67. The SMILES string of the molecule is CCC(=O)Nc1cccc(-n2nnnc2SCC(=O)c2ccc(NC(C)=O)cc2)c1. The predicted molar refractivity (Wildman–Crippen MR) is 114 cm³/mol. The standard InChI is InChI=1S/C20H20N6O3S/c1-3-19(29)22-16-5-4-6-17(11-16)26-20(23-24-25-26)30-12-18(28)14-7-9-15(10-8-14)21-13(2)27/h4-11H,3,12H2,1-2H3,(H,21,27)(H,22,29). The van der Waals surface area contributed by atoms with Gasteiger partial charge in [0.25, 0.3) is 0 Å². The summed E-state index contributed by atoms with van der Waals surface area (Å²) in [5.74, 6) is -0.206. The van der Waals surface area contributed by atoms with E-state index in [2.05, 4.69) is 26.2 Å². The van der Waals surface area contributed by atoms with Crippen LogP contribution >= 0.6 is 11.8 Å². The molecule has 1 heterocycles. The molecule has 0 saturated heterocycles. The summed E-state index contributed by atoms with van der Waals surface area (Å²) in [6.45, 7) is 3.20. The molecule has 2 N–H and O–H groups in total. The number of hydrogen-bond acceptors (Lipinski definition) is 7. The molecule has 0 aliphatic carbocycles. The molecule has 0 unspecified atom stereocenters. The number of carbonyl (C=O) groups excluding carboxylic acids is 3. The molecular weight excluding hydrogens is 404 g/mol. The number of benzene rings is 2. The molecule has 0 bridgehead atoms. The van der Waals surface area contributed by atoms with Crippen molar-refractivity contribution in [2.75, 3.05) is 16.4 Å². The van der Waals surface area contributed by atoms with Crippen molar-refractivity contribution in [1.29, 1.82) is 0 Å². The van der Waals surface area contributed by atoms with E-state index < -0.39 is 0 Å². The van der Waals surface area contributed by atoms with Crippen molar-refractivity contribution in [2.24, 2.45) is 0 Å². The molecule has 10 heteroatoms. The summed E-state index contributed by atoms with van der Waals surface area (Å²) < 4.78 is 1.51. The van der Waals surface area contributed by atoms with Crippen molar-refractivity contribution in [3.05, 3.63) is 54.1 Å². The third-order valence-corrected chi connectivity index (χ3v) is 4.92. The van der Waals surface area contributed by atoms with E-state index in [9.17, 15) is 14.4 Å². The highest BCUT2D eigenvalue weighted by molar-refractivity contribution is 7.99. The maximum absolute atomic E-state index is 12.5. The fourth-order valence-corrected chi connectivity index (χ4v) is 3.34. The van der Waals surface area contributed by atoms with Gasteiger partial charge >= 0.3 is 0 Å². The van der Waals surface area contributed by atoms with E-state index in [1.54, 1.807) is 49.4 Å². The molecule has 0 radical (unpaired) electrons. The zero-order valence-corrected chi connectivity index (χ0v) is 17.3. The van der Waals surface area contributed by atoms with E-state index in [1.165, 1.54) is 23.4 Å². The lowest BCUT2D eigenvalue weighted by Gasteiger charge is -2.08. The Morgan fingerprint density at radius 3 is 2.50 bits per heavy atom. The average molecular weight is 424 g/mol. The van der Waals surface area contributed by atoms with Crippen molar-refractivity contribution in [2.45, 2.75) is 25.4 Å². The number of nitrogens with zero attached hydrogens (tertiary/aromatic N) is 4. The average Bonchev–Trinajstić information content (AvgIpc) is 3.21. The number of anilines is 2. The van der Waals surface area contributed by atoms with Crippen LogP contribution in [0.5, 0.6) is 0 Å². The van der Waals surface area contributed by atoms with E-state index in [1.807, 2.05) is 6.07 Å². The molecule has 154 valence electrons. The summed E-state index contributed by atoms with van der Waals surface area (Å²) >= 11 is 1.21. The second-order valence-electron chi connectivity index (χ2n) is 6.30. The quantitative estimate of drug-likeness (QED) is 0.421. The molecule has 9 nitrogen and oxygen atoms in total. The Morgan fingerprint density at radius 2 is 1.80 bits per heavy atom. The Bertz CT molecular complexity index is 1060. The number of aromatic nitrogens is 4. The maximum atomic E-state index is 12.5. The first kappa shape index (κ1) is 21.2. The minimum Gasteiger partial charge on any atom is -0.326 e. The van der Waals surface area contributed by atoms with Crippen molar-refractivity contribution in [3.63, 3.8) is 0 Å². The van der Waals surface area contributed by atoms with Crippen molar-refractivity contribution in [1.82, 2.24) is 20.2 Å². The van der Waals surface area contributed by atoms with E-state index in [0.29, 0.717) is 34.2 Å². The third-order valence-electron chi connectivity index (χ3n) is 4.00. The van der Waals surface area contributed by atoms with E-state index in [-0.39, 0.29) is 23.4 Å². The lowest BCUT2D eigenvalue weighted by atomic mass is 10.1. The largest absolute Gasteiger partial charge is 0.326 e. The smallest absolute Gasteiger partial charge is 0.224 e. The summed E-state index contributed by atoms with van der Waals surface area (Å²) in [6.07, 6.45) is 0.379. The van der Waals surface area contributed by atoms with Crippen LogP contribution in [0.3, 0.4) is 0 Å². The number of carbonyl (C=O) groups is 3. The molecule has 0 atom stereocenters. The Labute approximate surface area is 177 Å². The highest BCUT2D eigenvalue weighted by Crippen LogP contribution is 2.22. The second-order valence-corrected chi connectivity index (χ2v) is 7.24. The van der Waals surface area contributed by atoms with Gasteiger partial charge in [-0.1, -0.05) is 24.8 Å². The number of amides is 2. The minimum atomic E-state index is -0.171. The highest BCUT2D eigenvalue weighted by atomic mass is 32.2. The first-order valence-corrected chi connectivity index (χ1v) is 10.2. The first-order chi connectivity index (χ1) is 14.5. The summed E-state index contributed by atoms with van der Waals surface area (Å²) in [4.78, 5) is 35.2. The van der Waals surface area contributed by atoms with Gasteiger partial charge in [-0.25, -0.2) is 0 Å². The summed E-state index contributed by atoms with van der Waals surface area (Å²) in [5, 5.41) is 17.6. The van der Waals surface area contributed by atoms with Crippen LogP contribution in [0, 0.1) is 0 Å². The highest BCUT2D eigenvalue weighted by Gasteiger charge is 2.13. The van der Waals surface area contributed by atoms with Gasteiger partial charge in [0.05, 0.1) is 11.4 Å². The Hall–Kier alpha value is -3.53. The minimum absolute atomic E-state index is 0.0893. The topological polar surface area (TPSA) is 119 Å².